The van der Waals surface area contributed by atoms with E-state index < -0.39 is 5.41 Å². The third-order valence-electron chi connectivity index (χ3n) is 11.9. The van der Waals surface area contributed by atoms with Crippen LogP contribution in [-0.4, -0.2) is 29.9 Å². The Morgan fingerprint density at radius 1 is 0.306 bits per heavy atom. The van der Waals surface area contributed by atoms with Gasteiger partial charge >= 0.3 is 0 Å². The first kappa shape index (κ1) is 36.0. The molecule has 290 valence electrons. The van der Waals surface area contributed by atoms with Gasteiger partial charge in [-0.1, -0.05) is 157 Å². The zero-order valence-electron chi connectivity index (χ0n) is 33.2. The van der Waals surface area contributed by atoms with E-state index in [1.165, 1.54) is 38.3 Å². The van der Waals surface area contributed by atoms with Crippen LogP contribution in [0.5, 0.6) is 0 Å². The topological polar surface area (TPSA) is 77.3 Å². The van der Waals surface area contributed by atoms with E-state index in [-0.39, 0.29) is 0 Å². The van der Waals surface area contributed by atoms with Crippen molar-refractivity contribution in [2.45, 2.75) is 15.2 Å². The third kappa shape index (κ3) is 5.89. The monoisotopic (exact) mass is 810 g/mol. The summed E-state index contributed by atoms with van der Waals surface area (Å²) in [5.41, 5.74) is 15.1. The van der Waals surface area contributed by atoms with Crippen molar-refractivity contribution in [1.29, 1.82) is 0 Å². The Morgan fingerprint density at radius 2 is 0.758 bits per heavy atom. The Bertz CT molecular complexity index is 2980. The number of nitrogens with zero attached hydrogens (tertiary/aromatic N) is 6. The number of aromatic nitrogens is 6. The van der Waals surface area contributed by atoms with Crippen LogP contribution in [0.25, 0.3) is 79.2 Å². The van der Waals surface area contributed by atoms with Gasteiger partial charge in [0.2, 0.25) is 0 Å². The highest BCUT2D eigenvalue weighted by Crippen LogP contribution is 2.62. The van der Waals surface area contributed by atoms with Crippen LogP contribution in [0.2, 0.25) is 0 Å². The van der Waals surface area contributed by atoms with Gasteiger partial charge in [-0.3, -0.25) is 9.97 Å². The molecule has 62 heavy (non-hydrogen) atoms. The number of pyridine rings is 3. The molecule has 0 saturated heterocycles. The molecule has 0 unspecified atom stereocenters. The molecule has 0 atom stereocenters. The second kappa shape index (κ2) is 14.7. The molecule has 7 heteroatoms. The minimum atomic E-state index is -0.555. The van der Waals surface area contributed by atoms with E-state index in [9.17, 15) is 0 Å². The van der Waals surface area contributed by atoms with Gasteiger partial charge < -0.3 is 0 Å². The lowest BCUT2D eigenvalue weighted by atomic mass is 9.67. The largest absolute Gasteiger partial charge is 0.255 e. The molecular weight excluding hydrogens is 777 g/mol. The molecule has 10 aromatic rings. The van der Waals surface area contributed by atoms with Crippen LogP contribution in [0.1, 0.15) is 22.3 Å². The molecule has 0 saturated carbocycles. The fourth-order valence-electron chi connectivity index (χ4n) is 9.16. The summed E-state index contributed by atoms with van der Waals surface area (Å²) in [6.45, 7) is 0. The molecule has 1 aliphatic heterocycles. The Morgan fingerprint density at radius 3 is 1.27 bits per heavy atom. The fraction of sp³-hybridized carbons (Fsp3) is 0.0182. The smallest absolute Gasteiger partial charge is 0.164 e. The van der Waals surface area contributed by atoms with E-state index in [1.54, 1.807) is 11.8 Å². The molecule has 0 fully saturated rings. The van der Waals surface area contributed by atoms with Gasteiger partial charge in [0.05, 0.1) is 28.2 Å². The maximum Gasteiger partial charge on any atom is 0.164 e. The van der Waals surface area contributed by atoms with E-state index in [0.29, 0.717) is 17.5 Å². The third-order valence-corrected chi connectivity index (χ3v) is 13.0. The highest BCUT2D eigenvalue weighted by atomic mass is 32.2. The molecule has 0 bridgehead atoms. The van der Waals surface area contributed by atoms with Crippen molar-refractivity contribution < 1.29 is 0 Å². The van der Waals surface area contributed by atoms with Gasteiger partial charge in [0, 0.05) is 38.9 Å². The van der Waals surface area contributed by atoms with Gasteiger partial charge in [0.1, 0.15) is 0 Å². The summed E-state index contributed by atoms with van der Waals surface area (Å²) in [7, 11) is 0. The average Bonchev–Trinajstić information content (AvgIpc) is 3.65. The van der Waals surface area contributed by atoms with Gasteiger partial charge in [0.25, 0.3) is 0 Å². The standard InChI is InChI=1S/C55H34N6S/c1-3-15-35(16-4-1)52-59-53(36-17-5-2-6-18-36)61-54(60-52)38-26-28-45-51(34-38)62-50-33-37(25-27-44(50)55(45)42-21-9-7-19-40(42)41-20-8-10-22-43(41)55)39-31-48(46-23-11-13-29-56-46)58-49(32-39)47-24-12-14-30-57-47/h1-34H. The number of benzene rings is 6. The quantitative estimate of drug-likeness (QED) is 0.165. The highest BCUT2D eigenvalue weighted by Gasteiger charge is 2.50. The van der Waals surface area contributed by atoms with Crippen molar-refractivity contribution in [3.05, 3.63) is 229 Å². The summed E-state index contributed by atoms with van der Waals surface area (Å²) in [5, 5.41) is 0. The predicted octanol–water partition coefficient (Wildman–Crippen LogP) is 12.9. The van der Waals surface area contributed by atoms with Gasteiger partial charge in [-0.15, -0.1) is 0 Å². The lowest BCUT2D eigenvalue weighted by molar-refractivity contribution is 0.722. The van der Waals surface area contributed by atoms with Crippen LogP contribution in [-0.2, 0) is 5.41 Å². The first-order valence-electron chi connectivity index (χ1n) is 20.6. The van der Waals surface area contributed by atoms with Crippen LogP contribution < -0.4 is 0 Å². The van der Waals surface area contributed by atoms with Crippen molar-refractivity contribution in [3.63, 3.8) is 0 Å². The molecule has 12 rings (SSSR count). The molecule has 1 aliphatic carbocycles. The van der Waals surface area contributed by atoms with E-state index in [1.807, 2.05) is 109 Å². The molecule has 0 amide bonds. The fourth-order valence-corrected chi connectivity index (χ4v) is 10.4. The van der Waals surface area contributed by atoms with Crippen molar-refractivity contribution in [3.8, 4) is 79.2 Å². The zero-order valence-corrected chi connectivity index (χ0v) is 34.0. The maximum atomic E-state index is 5.13. The Balaban J connectivity index is 1.07. The van der Waals surface area contributed by atoms with E-state index in [0.717, 1.165) is 55.5 Å². The van der Waals surface area contributed by atoms with Gasteiger partial charge in [-0.25, -0.2) is 19.9 Å². The first-order chi connectivity index (χ1) is 30.7. The molecule has 4 aromatic heterocycles. The van der Waals surface area contributed by atoms with Crippen molar-refractivity contribution in [2.75, 3.05) is 0 Å². The Kier molecular flexibility index (Phi) is 8.54. The van der Waals surface area contributed by atoms with E-state index in [4.69, 9.17) is 19.9 Å². The lowest BCUT2D eigenvalue weighted by Gasteiger charge is -2.40. The number of hydrogen-bond donors (Lipinski definition) is 0. The molecule has 5 heterocycles. The van der Waals surface area contributed by atoms with Crippen molar-refractivity contribution in [2.24, 2.45) is 0 Å². The number of hydrogen-bond acceptors (Lipinski definition) is 7. The normalized spacial score (nSPS) is 12.9. The van der Waals surface area contributed by atoms with Gasteiger partial charge in [-0.2, -0.15) is 0 Å². The molecule has 0 N–H and O–H groups in total. The maximum absolute atomic E-state index is 5.13. The average molecular weight is 811 g/mol. The molecule has 2 aliphatic rings. The van der Waals surface area contributed by atoms with E-state index in [2.05, 4.69) is 107 Å². The first-order valence-corrected chi connectivity index (χ1v) is 21.4. The Hall–Kier alpha value is -7.87. The summed E-state index contributed by atoms with van der Waals surface area (Å²) in [6, 6.07) is 68.0. The van der Waals surface area contributed by atoms with Crippen molar-refractivity contribution >= 4 is 11.8 Å². The minimum absolute atomic E-state index is 0.555. The molecule has 6 nitrogen and oxygen atoms in total. The number of fused-ring (bicyclic) bond motifs is 9. The predicted molar refractivity (Wildman–Crippen MR) is 247 cm³/mol. The van der Waals surface area contributed by atoms with Crippen LogP contribution in [0.4, 0.5) is 0 Å². The molecule has 0 radical (unpaired) electrons. The summed E-state index contributed by atoms with van der Waals surface area (Å²) in [6.07, 6.45) is 3.62. The second-order valence-corrected chi connectivity index (χ2v) is 16.5. The lowest BCUT2D eigenvalue weighted by Crippen LogP contribution is -2.32. The SMILES string of the molecule is c1ccc(-c2nc(-c3ccccc3)nc(-c3ccc4c(c3)Sc3cc(-c5cc(-c6ccccn6)nc(-c6ccccn6)c5)ccc3C43c4ccccc4-c4ccccc43)n2)cc1. The summed E-state index contributed by atoms with van der Waals surface area (Å²) in [5.74, 6) is 1.90. The minimum Gasteiger partial charge on any atom is -0.255 e. The Labute approximate surface area is 363 Å². The summed E-state index contributed by atoms with van der Waals surface area (Å²) < 4.78 is 0. The van der Waals surface area contributed by atoms with Crippen LogP contribution in [0.3, 0.4) is 0 Å². The van der Waals surface area contributed by atoms with Crippen molar-refractivity contribution in [1.82, 2.24) is 29.9 Å². The molecule has 1 spiro atoms. The molecule has 6 aromatic carbocycles. The van der Waals surface area contributed by atoms with Gasteiger partial charge in [0.15, 0.2) is 17.5 Å². The molecular formula is C55H34N6S. The van der Waals surface area contributed by atoms with Crippen LogP contribution in [0.15, 0.2) is 216 Å². The zero-order chi connectivity index (χ0) is 41.0. The summed E-state index contributed by atoms with van der Waals surface area (Å²) >= 11 is 1.80. The van der Waals surface area contributed by atoms with Crippen LogP contribution in [0, 0.1) is 0 Å². The van der Waals surface area contributed by atoms with Crippen LogP contribution >= 0.6 is 11.8 Å². The summed E-state index contributed by atoms with van der Waals surface area (Å²) in [4.78, 5) is 32.0. The second-order valence-electron chi connectivity index (χ2n) is 15.5. The number of rotatable bonds is 6. The highest BCUT2D eigenvalue weighted by molar-refractivity contribution is 7.99. The van der Waals surface area contributed by atoms with E-state index >= 15 is 0 Å². The van der Waals surface area contributed by atoms with Gasteiger partial charge in [-0.05, 0) is 93.0 Å².